The number of furan rings is 1. The summed E-state index contributed by atoms with van der Waals surface area (Å²) in [6, 6.07) is 9.89. The Balaban J connectivity index is 1.93. The van der Waals surface area contributed by atoms with Gasteiger partial charge in [-0.05, 0) is 43.5 Å². The van der Waals surface area contributed by atoms with Gasteiger partial charge in [0.2, 0.25) is 0 Å². The van der Waals surface area contributed by atoms with Crippen LogP contribution < -0.4 is 5.32 Å². The molecule has 1 aromatic carbocycles. The second kappa shape index (κ2) is 6.97. The summed E-state index contributed by atoms with van der Waals surface area (Å²) in [5.74, 6) is 0.108. The average Bonchev–Trinajstić information content (AvgIpc) is 2.85. The van der Waals surface area contributed by atoms with Gasteiger partial charge in [-0.25, -0.2) is 4.79 Å². The van der Waals surface area contributed by atoms with Crippen LogP contribution >= 0.6 is 0 Å². The number of rotatable bonds is 7. The van der Waals surface area contributed by atoms with Crippen LogP contribution in [0.5, 0.6) is 0 Å². The summed E-state index contributed by atoms with van der Waals surface area (Å²) >= 11 is 0. The van der Waals surface area contributed by atoms with E-state index in [9.17, 15) is 4.79 Å². The lowest BCUT2D eigenvalue weighted by molar-refractivity contribution is 0.0695. The summed E-state index contributed by atoms with van der Waals surface area (Å²) in [6.07, 6.45) is 3.51. The second-order valence-electron chi connectivity index (χ2n) is 5.14. The van der Waals surface area contributed by atoms with Crippen molar-refractivity contribution >= 4 is 11.7 Å². The Morgan fingerprint density at radius 1 is 1.29 bits per heavy atom. The minimum Gasteiger partial charge on any atom is -0.478 e. The number of carboxylic acid groups (broad SMARTS) is 1. The van der Waals surface area contributed by atoms with E-state index < -0.39 is 5.97 Å². The molecule has 0 atom stereocenters. The quantitative estimate of drug-likeness (QED) is 0.799. The molecule has 4 heteroatoms. The van der Waals surface area contributed by atoms with Crippen molar-refractivity contribution in [1.29, 1.82) is 0 Å². The largest absolute Gasteiger partial charge is 0.478 e. The van der Waals surface area contributed by atoms with E-state index in [0.717, 1.165) is 12.1 Å². The van der Waals surface area contributed by atoms with Crippen LogP contribution in [-0.2, 0) is 13.0 Å². The minimum absolute atomic E-state index is 0.224. The fourth-order valence-electron chi connectivity index (χ4n) is 2.20. The summed E-state index contributed by atoms with van der Waals surface area (Å²) < 4.78 is 5.43. The van der Waals surface area contributed by atoms with Gasteiger partial charge >= 0.3 is 5.97 Å². The number of hydrogen-bond acceptors (Lipinski definition) is 3. The smallest absolute Gasteiger partial charge is 0.339 e. The van der Waals surface area contributed by atoms with Gasteiger partial charge < -0.3 is 14.8 Å². The van der Waals surface area contributed by atoms with E-state index in [1.807, 2.05) is 12.1 Å². The highest BCUT2D eigenvalue weighted by atomic mass is 16.4. The molecule has 21 heavy (non-hydrogen) atoms. The van der Waals surface area contributed by atoms with Crippen molar-refractivity contribution in [2.45, 2.75) is 39.7 Å². The third kappa shape index (κ3) is 4.12. The lowest BCUT2D eigenvalue weighted by Gasteiger charge is -2.06. The summed E-state index contributed by atoms with van der Waals surface area (Å²) in [5.41, 5.74) is 2.56. The molecule has 0 aliphatic heterocycles. The van der Waals surface area contributed by atoms with Crippen molar-refractivity contribution in [3.8, 4) is 0 Å². The molecule has 2 N–H and O–H groups in total. The highest BCUT2D eigenvalue weighted by Gasteiger charge is 2.13. The van der Waals surface area contributed by atoms with Gasteiger partial charge in [-0.2, -0.15) is 0 Å². The van der Waals surface area contributed by atoms with Gasteiger partial charge in [-0.1, -0.05) is 25.5 Å². The maximum absolute atomic E-state index is 11.0. The van der Waals surface area contributed by atoms with Crippen LogP contribution in [0.15, 0.2) is 34.7 Å². The van der Waals surface area contributed by atoms with Crippen molar-refractivity contribution in [2.24, 2.45) is 0 Å². The zero-order chi connectivity index (χ0) is 15.2. The molecule has 0 radical (unpaired) electrons. The molecule has 0 amide bonds. The van der Waals surface area contributed by atoms with Crippen LogP contribution in [-0.4, -0.2) is 11.1 Å². The van der Waals surface area contributed by atoms with Crippen LogP contribution in [0, 0.1) is 6.92 Å². The number of anilines is 1. The van der Waals surface area contributed by atoms with Gasteiger partial charge in [-0.3, -0.25) is 0 Å². The highest BCUT2D eigenvalue weighted by molar-refractivity contribution is 5.88. The standard InChI is InChI=1S/C17H21NO3/c1-3-4-5-13-6-8-14(9-7-13)18-11-15-10-16(17(19)20)12(2)21-15/h6-10,18H,3-5,11H2,1-2H3,(H,19,20). The number of carboxylic acids is 1. The van der Waals surface area contributed by atoms with Gasteiger partial charge in [0, 0.05) is 5.69 Å². The molecule has 1 heterocycles. The second-order valence-corrected chi connectivity index (χ2v) is 5.14. The summed E-state index contributed by atoms with van der Waals surface area (Å²) in [6.45, 7) is 4.32. The van der Waals surface area contributed by atoms with E-state index in [1.165, 1.54) is 18.4 Å². The number of unbranched alkanes of at least 4 members (excludes halogenated alkanes) is 1. The summed E-state index contributed by atoms with van der Waals surface area (Å²) in [4.78, 5) is 11.0. The van der Waals surface area contributed by atoms with Gasteiger partial charge in [0.05, 0.1) is 6.54 Å². The van der Waals surface area contributed by atoms with E-state index in [-0.39, 0.29) is 5.56 Å². The minimum atomic E-state index is -0.956. The molecule has 0 fully saturated rings. The van der Waals surface area contributed by atoms with E-state index in [1.54, 1.807) is 13.0 Å². The first-order chi connectivity index (χ1) is 10.1. The van der Waals surface area contributed by atoms with Crippen molar-refractivity contribution in [3.63, 3.8) is 0 Å². The Kier molecular flexibility index (Phi) is 5.04. The van der Waals surface area contributed by atoms with Gasteiger partial charge in [0.15, 0.2) is 0 Å². The topological polar surface area (TPSA) is 62.5 Å². The van der Waals surface area contributed by atoms with Crippen LogP contribution in [0.25, 0.3) is 0 Å². The molecule has 1 aromatic heterocycles. The average molecular weight is 287 g/mol. The van der Waals surface area contributed by atoms with Gasteiger partial charge in [0.25, 0.3) is 0 Å². The molecule has 4 nitrogen and oxygen atoms in total. The Bertz CT molecular complexity index is 599. The number of hydrogen-bond donors (Lipinski definition) is 2. The number of carbonyl (C=O) groups is 1. The third-order valence-electron chi connectivity index (χ3n) is 3.44. The molecule has 0 saturated carbocycles. The molecule has 112 valence electrons. The molecule has 0 saturated heterocycles. The first-order valence-electron chi connectivity index (χ1n) is 7.25. The molecule has 0 aliphatic carbocycles. The first kappa shape index (κ1) is 15.2. The predicted octanol–water partition coefficient (Wildman–Crippen LogP) is 4.24. The maximum atomic E-state index is 11.0. The molecule has 2 rings (SSSR count). The Morgan fingerprint density at radius 3 is 2.57 bits per heavy atom. The molecular formula is C17H21NO3. The lowest BCUT2D eigenvalue weighted by Crippen LogP contribution is -1.98. The maximum Gasteiger partial charge on any atom is 0.339 e. The van der Waals surface area contributed by atoms with Crippen molar-refractivity contribution in [3.05, 3.63) is 53.0 Å². The van der Waals surface area contributed by atoms with Crippen LogP contribution in [0.3, 0.4) is 0 Å². The summed E-state index contributed by atoms with van der Waals surface area (Å²) in [7, 11) is 0. The molecule has 0 spiro atoms. The molecule has 0 unspecified atom stereocenters. The van der Waals surface area contributed by atoms with Gasteiger partial charge in [0.1, 0.15) is 17.1 Å². The zero-order valence-electron chi connectivity index (χ0n) is 12.5. The predicted molar refractivity (Wildman–Crippen MR) is 82.8 cm³/mol. The highest BCUT2D eigenvalue weighted by Crippen LogP contribution is 2.17. The fourth-order valence-corrected chi connectivity index (χ4v) is 2.20. The molecule has 2 aromatic rings. The van der Waals surface area contributed by atoms with E-state index in [2.05, 4.69) is 24.4 Å². The van der Waals surface area contributed by atoms with Crippen molar-refractivity contribution < 1.29 is 14.3 Å². The Hall–Kier alpha value is -2.23. The lowest BCUT2D eigenvalue weighted by atomic mass is 10.1. The van der Waals surface area contributed by atoms with Crippen molar-refractivity contribution in [2.75, 3.05) is 5.32 Å². The summed E-state index contributed by atoms with van der Waals surface area (Å²) in [5, 5.41) is 12.2. The van der Waals surface area contributed by atoms with E-state index >= 15 is 0 Å². The van der Waals surface area contributed by atoms with Crippen LogP contribution in [0.2, 0.25) is 0 Å². The number of aryl methyl sites for hydroxylation is 2. The fraction of sp³-hybridized carbons (Fsp3) is 0.353. The number of aromatic carboxylic acids is 1. The first-order valence-corrected chi connectivity index (χ1v) is 7.25. The number of nitrogens with one attached hydrogen (secondary N) is 1. The normalized spacial score (nSPS) is 10.6. The molecule has 0 aliphatic rings. The third-order valence-corrected chi connectivity index (χ3v) is 3.44. The SMILES string of the molecule is CCCCc1ccc(NCc2cc(C(=O)O)c(C)o2)cc1. The van der Waals surface area contributed by atoms with Gasteiger partial charge in [-0.15, -0.1) is 0 Å². The molecule has 0 bridgehead atoms. The van der Waals surface area contributed by atoms with E-state index in [0.29, 0.717) is 18.1 Å². The molecular weight excluding hydrogens is 266 g/mol. The van der Waals surface area contributed by atoms with E-state index in [4.69, 9.17) is 9.52 Å². The monoisotopic (exact) mass is 287 g/mol. The Labute approximate surface area is 124 Å². The Morgan fingerprint density at radius 2 is 2.00 bits per heavy atom. The van der Waals surface area contributed by atoms with Crippen LogP contribution in [0.1, 0.15) is 47.2 Å². The van der Waals surface area contributed by atoms with Crippen molar-refractivity contribution in [1.82, 2.24) is 0 Å². The number of benzene rings is 1. The van der Waals surface area contributed by atoms with Crippen LogP contribution in [0.4, 0.5) is 5.69 Å². The zero-order valence-corrected chi connectivity index (χ0v) is 12.5.